The highest BCUT2D eigenvalue weighted by atomic mass is 32.2. The number of thioether (sulfide) groups is 1. The van der Waals surface area contributed by atoms with E-state index in [9.17, 15) is 0 Å². The van der Waals surface area contributed by atoms with E-state index in [-0.39, 0.29) is 4.75 Å². The highest BCUT2D eigenvalue weighted by molar-refractivity contribution is 8.00. The van der Waals surface area contributed by atoms with Crippen molar-refractivity contribution in [1.82, 2.24) is 4.98 Å². The van der Waals surface area contributed by atoms with Crippen LogP contribution >= 0.6 is 11.8 Å². The number of anilines is 1. The second kappa shape index (κ2) is 5.58. The Labute approximate surface area is 103 Å². The average Bonchev–Trinajstić information content (AvgIpc) is 2.20. The molecule has 0 fully saturated rings. The molecule has 16 heavy (non-hydrogen) atoms. The molecule has 0 spiro atoms. The molecular formula is C13H22N2S. The lowest BCUT2D eigenvalue weighted by Crippen LogP contribution is -2.22. The SMILES string of the molecule is CCN(CC)c1ccc(SC(C)(C)C)cn1. The molecule has 0 aliphatic rings. The van der Waals surface area contributed by atoms with E-state index in [0.29, 0.717) is 0 Å². The molecule has 1 aromatic heterocycles. The average molecular weight is 238 g/mol. The molecule has 3 heteroatoms. The van der Waals surface area contributed by atoms with Gasteiger partial charge in [-0.1, -0.05) is 20.8 Å². The molecule has 1 heterocycles. The second-order valence-corrected chi connectivity index (χ2v) is 6.64. The number of pyridine rings is 1. The normalized spacial score (nSPS) is 11.6. The molecule has 0 atom stereocenters. The van der Waals surface area contributed by atoms with Crippen LogP contribution in [-0.2, 0) is 0 Å². The lowest BCUT2D eigenvalue weighted by Gasteiger charge is -2.21. The standard InChI is InChI=1S/C13H22N2S/c1-6-15(7-2)12-9-8-11(10-14-12)16-13(3,4)5/h8-10H,6-7H2,1-5H3. The number of hydrogen-bond donors (Lipinski definition) is 0. The van der Waals surface area contributed by atoms with E-state index in [1.807, 2.05) is 18.0 Å². The maximum Gasteiger partial charge on any atom is 0.128 e. The lowest BCUT2D eigenvalue weighted by molar-refractivity contribution is 0.801. The van der Waals surface area contributed by atoms with E-state index in [0.717, 1.165) is 18.9 Å². The minimum Gasteiger partial charge on any atom is -0.357 e. The molecule has 0 saturated carbocycles. The van der Waals surface area contributed by atoms with Crippen LogP contribution in [0.1, 0.15) is 34.6 Å². The minimum atomic E-state index is 0.248. The maximum absolute atomic E-state index is 4.51. The maximum atomic E-state index is 4.51. The van der Waals surface area contributed by atoms with Crippen LogP contribution in [0.3, 0.4) is 0 Å². The first-order chi connectivity index (χ1) is 7.46. The van der Waals surface area contributed by atoms with Gasteiger partial charge in [0.1, 0.15) is 5.82 Å². The van der Waals surface area contributed by atoms with E-state index < -0.39 is 0 Å². The van der Waals surface area contributed by atoms with Gasteiger partial charge >= 0.3 is 0 Å². The minimum absolute atomic E-state index is 0.248. The first kappa shape index (κ1) is 13.4. The largest absolute Gasteiger partial charge is 0.357 e. The smallest absolute Gasteiger partial charge is 0.128 e. The summed E-state index contributed by atoms with van der Waals surface area (Å²) in [5, 5.41) is 0. The van der Waals surface area contributed by atoms with Crippen molar-refractivity contribution in [3.8, 4) is 0 Å². The molecule has 0 aliphatic heterocycles. The summed E-state index contributed by atoms with van der Waals surface area (Å²) in [6.45, 7) is 13.0. The van der Waals surface area contributed by atoms with Gasteiger partial charge in [0.05, 0.1) is 0 Å². The van der Waals surface area contributed by atoms with E-state index >= 15 is 0 Å². The highest BCUT2D eigenvalue weighted by Gasteiger charge is 2.12. The summed E-state index contributed by atoms with van der Waals surface area (Å²) in [4.78, 5) is 8.00. The molecule has 1 aromatic rings. The van der Waals surface area contributed by atoms with Gasteiger partial charge in [-0.15, -0.1) is 11.8 Å². The molecule has 0 aromatic carbocycles. The zero-order valence-electron chi connectivity index (χ0n) is 10.9. The summed E-state index contributed by atoms with van der Waals surface area (Å²) in [7, 11) is 0. The zero-order chi connectivity index (χ0) is 12.2. The van der Waals surface area contributed by atoms with Gasteiger partial charge in [-0.3, -0.25) is 0 Å². The number of rotatable bonds is 4. The number of nitrogens with zero attached hydrogens (tertiary/aromatic N) is 2. The molecule has 90 valence electrons. The Kier molecular flexibility index (Phi) is 4.66. The van der Waals surface area contributed by atoms with Gasteiger partial charge in [0.15, 0.2) is 0 Å². The third-order valence-corrected chi connectivity index (χ3v) is 3.32. The molecule has 0 aliphatic carbocycles. The summed E-state index contributed by atoms with van der Waals surface area (Å²) >= 11 is 1.86. The molecule has 0 radical (unpaired) electrons. The zero-order valence-corrected chi connectivity index (χ0v) is 11.8. The van der Waals surface area contributed by atoms with Crippen LogP contribution in [0.25, 0.3) is 0 Å². The number of hydrogen-bond acceptors (Lipinski definition) is 3. The summed E-state index contributed by atoms with van der Waals surface area (Å²) in [5.41, 5.74) is 0. The first-order valence-electron chi connectivity index (χ1n) is 5.86. The van der Waals surface area contributed by atoms with Crippen molar-refractivity contribution < 1.29 is 0 Å². The van der Waals surface area contributed by atoms with Gasteiger partial charge in [-0.25, -0.2) is 4.98 Å². The Morgan fingerprint density at radius 2 is 1.81 bits per heavy atom. The topological polar surface area (TPSA) is 16.1 Å². The Balaban J connectivity index is 2.75. The lowest BCUT2D eigenvalue weighted by atomic mass is 10.3. The molecule has 0 amide bonds. The van der Waals surface area contributed by atoms with E-state index in [4.69, 9.17) is 0 Å². The Bertz CT molecular complexity index is 310. The Hall–Kier alpha value is -0.700. The van der Waals surface area contributed by atoms with Gasteiger partial charge < -0.3 is 4.90 Å². The van der Waals surface area contributed by atoms with Crippen molar-refractivity contribution in [2.75, 3.05) is 18.0 Å². The molecule has 0 N–H and O–H groups in total. The number of aromatic nitrogens is 1. The fourth-order valence-corrected chi connectivity index (χ4v) is 2.47. The van der Waals surface area contributed by atoms with Crippen LogP contribution in [0.2, 0.25) is 0 Å². The van der Waals surface area contributed by atoms with Crippen molar-refractivity contribution in [1.29, 1.82) is 0 Å². The van der Waals surface area contributed by atoms with Crippen molar-refractivity contribution >= 4 is 17.6 Å². The fraction of sp³-hybridized carbons (Fsp3) is 0.615. The van der Waals surface area contributed by atoms with E-state index in [1.165, 1.54) is 4.90 Å². The Morgan fingerprint density at radius 1 is 1.19 bits per heavy atom. The van der Waals surface area contributed by atoms with Crippen LogP contribution in [0.5, 0.6) is 0 Å². The van der Waals surface area contributed by atoms with Crippen LogP contribution in [0.4, 0.5) is 5.82 Å². The van der Waals surface area contributed by atoms with E-state index in [1.54, 1.807) is 0 Å². The predicted octanol–water partition coefficient (Wildman–Crippen LogP) is 3.82. The molecule has 2 nitrogen and oxygen atoms in total. The molecule has 0 saturated heterocycles. The fourth-order valence-electron chi connectivity index (χ4n) is 1.52. The van der Waals surface area contributed by atoms with Crippen molar-refractivity contribution in [3.05, 3.63) is 18.3 Å². The van der Waals surface area contributed by atoms with Crippen LogP contribution < -0.4 is 4.90 Å². The summed E-state index contributed by atoms with van der Waals surface area (Å²) in [6, 6.07) is 4.28. The van der Waals surface area contributed by atoms with Gasteiger partial charge in [0.2, 0.25) is 0 Å². The van der Waals surface area contributed by atoms with Gasteiger partial charge in [0, 0.05) is 28.9 Å². The third kappa shape index (κ3) is 4.05. The van der Waals surface area contributed by atoms with E-state index in [2.05, 4.69) is 56.6 Å². The Morgan fingerprint density at radius 3 is 2.19 bits per heavy atom. The molecule has 0 unspecified atom stereocenters. The molecule has 0 bridgehead atoms. The second-order valence-electron chi connectivity index (χ2n) is 4.74. The van der Waals surface area contributed by atoms with Gasteiger partial charge in [-0.2, -0.15) is 0 Å². The summed E-state index contributed by atoms with van der Waals surface area (Å²) in [6.07, 6.45) is 1.98. The third-order valence-electron chi connectivity index (χ3n) is 2.23. The summed E-state index contributed by atoms with van der Waals surface area (Å²) < 4.78 is 0.248. The monoisotopic (exact) mass is 238 g/mol. The van der Waals surface area contributed by atoms with Crippen molar-refractivity contribution in [3.63, 3.8) is 0 Å². The van der Waals surface area contributed by atoms with Crippen LogP contribution in [0.15, 0.2) is 23.2 Å². The van der Waals surface area contributed by atoms with Crippen molar-refractivity contribution in [2.24, 2.45) is 0 Å². The molecular weight excluding hydrogens is 216 g/mol. The first-order valence-corrected chi connectivity index (χ1v) is 6.68. The van der Waals surface area contributed by atoms with Gasteiger partial charge in [0.25, 0.3) is 0 Å². The quantitative estimate of drug-likeness (QED) is 0.742. The summed E-state index contributed by atoms with van der Waals surface area (Å²) in [5.74, 6) is 1.07. The van der Waals surface area contributed by atoms with Crippen LogP contribution in [-0.4, -0.2) is 22.8 Å². The predicted molar refractivity (Wildman–Crippen MR) is 73.4 cm³/mol. The van der Waals surface area contributed by atoms with Gasteiger partial charge in [-0.05, 0) is 26.0 Å². The van der Waals surface area contributed by atoms with Crippen molar-refractivity contribution in [2.45, 2.75) is 44.3 Å². The highest BCUT2D eigenvalue weighted by Crippen LogP contribution is 2.31. The molecule has 1 rings (SSSR count). The van der Waals surface area contributed by atoms with Crippen LogP contribution in [0, 0.1) is 0 Å².